The summed E-state index contributed by atoms with van der Waals surface area (Å²) in [6.07, 6.45) is 2.43. The molecule has 2 aliphatic rings. The summed E-state index contributed by atoms with van der Waals surface area (Å²) < 4.78 is 10.9. The van der Waals surface area contributed by atoms with Crippen molar-refractivity contribution in [2.24, 2.45) is 5.92 Å². The quantitative estimate of drug-likeness (QED) is 0.639. The molecule has 0 aliphatic carbocycles. The molecule has 22 heavy (non-hydrogen) atoms. The lowest BCUT2D eigenvalue weighted by Gasteiger charge is -2.42. The molecule has 5 nitrogen and oxygen atoms in total. The second kappa shape index (κ2) is 7.75. The lowest BCUT2D eigenvalue weighted by Crippen LogP contribution is -2.56. The van der Waals surface area contributed by atoms with Crippen LogP contribution >= 0.6 is 0 Å². The zero-order valence-corrected chi connectivity index (χ0v) is 14.7. The maximum Gasteiger partial charge on any atom is 0.309 e. The van der Waals surface area contributed by atoms with Crippen molar-refractivity contribution in [3.63, 3.8) is 0 Å². The second-order valence-electron chi connectivity index (χ2n) is 7.25. The first-order valence-corrected chi connectivity index (χ1v) is 8.62. The fourth-order valence-electron chi connectivity index (χ4n) is 3.02. The van der Waals surface area contributed by atoms with Gasteiger partial charge in [0.1, 0.15) is 6.10 Å². The van der Waals surface area contributed by atoms with Crippen LogP contribution in [0.2, 0.25) is 0 Å². The van der Waals surface area contributed by atoms with Crippen molar-refractivity contribution in [3.05, 3.63) is 0 Å². The Balaban J connectivity index is 1.59. The minimum absolute atomic E-state index is 0.00458. The van der Waals surface area contributed by atoms with E-state index in [0.717, 1.165) is 39.0 Å². The number of methoxy groups -OCH3 is 1. The molecule has 2 heterocycles. The van der Waals surface area contributed by atoms with Crippen LogP contribution in [0.4, 0.5) is 0 Å². The van der Waals surface area contributed by atoms with Gasteiger partial charge in [0, 0.05) is 45.4 Å². The van der Waals surface area contributed by atoms with E-state index in [4.69, 9.17) is 9.47 Å². The largest absolute Gasteiger partial charge is 0.459 e. The molecular weight excluding hydrogens is 280 g/mol. The van der Waals surface area contributed by atoms with E-state index < -0.39 is 0 Å². The summed E-state index contributed by atoms with van der Waals surface area (Å²) in [7, 11) is 1.77. The number of esters is 1. The van der Waals surface area contributed by atoms with Crippen molar-refractivity contribution >= 4 is 5.97 Å². The molecule has 0 saturated carbocycles. The van der Waals surface area contributed by atoms with Crippen molar-refractivity contribution < 1.29 is 14.3 Å². The molecule has 0 aromatic carbocycles. The summed E-state index contributed by atoms with van der Waals surface area (Å²) in [6.45, 7) is 12.4. The van der Waals surface area contributed by atoms with Gasteiger partial charge in [-0.2, -0.15) is 0 Å². The van der Waals surface area contributed by atoms with Crippen molar-refractivity contribution in [1.29, 1.82) is 0 Å². The third kappa shape index (κ3) is 4.43. The number of ether oxygens (including phenoxy) is 2. The van der Waals surface area contributed by atoms with E-state index in [-0.39, 0.29) is 18.0 Å². The number of rotatable bonds is 8. The number of carbonyl (C=O) groups excluding carboxylic acids is 1. The second-order valence-corrected chi connectivity index (χ2v) is 7.25. The van der Waals surface area contributed by atoms with E-state index in [9.17, 15) is 4.79 Å². The Morgan fingerprint density at radius 3 is 2.14 bits per heavy atom. The highest BCUT2D eigenvalue weighted by atomic mass is 16.5. The fourth-order valence-corrected chi connectivity index (χ4v) is 3.02. The highest BCUT2D eigenvalue weighted by Gasteiger charge is 2.33. The predicted octanol–water partition coefficient (Wildman–Crippen LogP) is 1.76. The molecule has 128 valence electrons. The Bertz CT molecular complexity index is 363. The lowest BCUT2D eigenvalue weighted by molar-refractivity contribution is -0.163. The van der Waals surface area contributed by atoms with Crippen molar-refractivity contribution in [2.45, 2.75) is 64.8 Å². The van der Waals surface area contributed by atoms with E-state index in [1.165, 1.54) is 0 Å². The Labute approximate surface area is 134 Å². The van der Waals surface area contributed by atoms with Gasteiger partial charge in [-0.15, -0.1) is 0 Å². The van der Waals surface area contributed by atoms with Crippen LogP contribution in [0.5, 0.6) is 0 Å². The van der Waals surface area contributed by atoms with Crippen LogP contribution in [0, 0.1) is 5.92 Å². The summed E-state index contributed by atoms with van der Waals surface area (Å²) in [4.78, 5) is 16.8. The van der Waals surface area contributed by atoms with E-state index in [2.05, 4.69) is 30.6 Å². The summed E-state index contributed by atoms with van der Waals surface area (Å²) in [5, 5.41) is 0. The van der Waals surface area contributed by atoms with Gasteiger partial charge >= 0.3 is 5.97 Å². The zero-order valence-electron chi connectivity index (χ0n) is 14.7. The summed E-state index contributed by atoms with van der Waals surface area (Å²) in [5.41, 5.74) is 0. The minimum Gasteiger partial charge on any atom is -0.459 e. The van der Waals surface area contributed by atoms with Crippen LogP contribution in [0.3, 0.4) is 0 Å². The van der Waals surface area contributed by atoms with Crippen LogP contribution in [0.25, 0.3) is 0 Å². The van der Waals surface area contributed by atoms with Crippen LogP contribution < -0.4 is 0 Å². The number of carbonyl (C=O) groups is 1. The van der Waals surface area contributed by atoms with Crippen LogP contribution in [-0.4, -0.2) is 73.3 Å². The molecule has 2 fully saturated rings. The topological polar surface area (TPSA) is 42.0 Å². The minimum atomic E-state index is -0.0287. The normalized spacial score (nSPS) is 23.9. The molecule has 0 radical (unpaired) electrons. The molecule has 2 atom stereocenters. The Morgan fingerprint density at radius 2 is 1.59 bits per heavy atom. The predicted molar refractivity (Wildman–Crippen MR) is 86.8 cm³/mol. The summed E-state index contributed by atoms with van der Waals surface area (Å²) in [5.74, 6) is -0.0333. The zero-order chi connectivity index (χ0) is 16.3. The smallest absolute Gasteiger partial charge is 0.309 e. The number of nitrogens with zero attached hydrogens (tertiary/aromatic N) is 2. The fraction of sp³-hybridized carbons (Fsp3) is 0.941. The molecule has 0 N–H and O–H groups in total. The number of likely N-dealkylation sites (tertiary alicyclic amines) is 2. The van der Waals surface area contributed by atoms with Crippen LogP contribution in [0.15, 0.2) is 0 Å². The molecule has 5 heteroatoms. The van der Waals surface area contributed by atoms with Gasteiger partial charge in [-0.1, -0.05) is 6.92 Å². The monoisotopic (exact) mass is 312 g/mol. The van der Waals surface area contributed by atoms with Crippen molar-refractivity contribution in [2.75, 3.05) is 33.3 Å². The first kappa shape index (κ1) is 17.7. The molecule has 2 rings (SSSR count). The van der Waals surface area contributed by atoms with E-state index in [1.54, 1.807) is 7.11 Å². The number of hydrogen-bond acceptors (Lipinski definition) is 5. The molecule has 2 unspecified atom stereocenters. The highest BCUT2D eigenvalue weighted by molar-refractivity contribution is 5.72. The average Bonchev–Trinajstić information content (AvgIpc) is 2.37. The third-order valence-corrected chi connectivity index (χ3v) is 5.14. The Kier molecular flexibility index (Phi) is 6.24. The third-order valence-electron chi connectivity index (χ3n) is 5.14. The van der Waals surface area contributed by atoms with Crippen molar-refractivity contribution in [3.8, 4) is 0 Å². The van der Waals surface area contributed by atoms with Gasteiger partial charge in [0.2, 0.25) is 0 Å². The van der Waals surface area contributed by atoms with E-state index in [0.29, 0.717) is 18.2 Å². The van der Waals surface area contributed by atoms with Gasteiger partial charge in [0.25, 0.3) is 0 Å². The molecule has 0 aromatic heterocycles. The molecule has 0 amide bonds. The highest BCUT2D eigenvalue weighted by Crippen LogP contribution is 2.21. The standard InChI is InChI=1S/C17H32N2O3/c1-12(2)18-10-16(11-18)22-17(20)13(3)6-7-14(4)19-8-15(9-19)21-5/h12-16H,6-11H2,1-5H3. The van der Waals surface area contributed by atoms with Crippen molar-refractivity contribution in [1.82, 2.24) is 9.80 Å². The van der Waals surface area contributed by atoms with E-state index >= 15 is 0 Å². The molecular formula is C17H32N2O3. The Hall–Kier alpha value is -0.650. The van der Waals surface area contributed by atoms with Gasteiger partial charge in [-0.3, -0.25) is 14.6 Å². The SMILES string of the molecule is COC1CN(C(C)CCC(C)C(=O)OC2CN(C(C)C)C2)C1. The average molecular weight is 312 g/mol. The van der Waals surface area contributed by atoms with Gasteiger partial charge < -0.3 is 9.47 Å². The maximum absolute atomic E-state index is 12.1. The summed E-state index contributed by atoms with van der Waals surface area (Å²) >= 11 is 0. The summed E-state index contributed by atoms with van der Waals surface area (Å²) in [6, 6.07) is 1.06. The van der Waals surface area contributed by atoms with Gasteiger partial charge in [0.05, 0.1) is 12.0 Å². The number of hydrogen-bond donors (Lipinski definition) is 0. The lowest BCUT2D eigenvalue weighted by atomic mass is 9.99. The van der Waals surface area contributed by atoms with Gasteiger partial charge in [-0.25, -0.2) is 0 Å². The molecule has 0 spiro atoms. The van der Waals surface area contributed by atoms with E-state index in [1.807, 2.05) is 6.92 Å². The molecule has 2 saturated heterocycles. The van der Waals surface area contributed by atoms with Gasteiger partial charge in [0.15, 0.2) is 0 Å². The molecule has 2 aliphatic heterocycles. The van der Waals surface area contributed by atoms with Crippen LogP contribution in [0.1, 0.15) is 40.5 Å². The molecule has 0 bridgehead atoms. The first-order valence-electron chi connectivity index (χ1n) is 8.62. The first-order chi connectivity index (χ1) is 10.4. The molecule has 0 aromatic rings. The Morgan fingerprint density at radius 1 is 1.00 bits per heavy atom. The maximum atomic E-state index is 12.1. The van der Waals surface area contributed by atoms with Gasteiger partial charge in [-0.05, 0) is 33.6 Å². The van der Waals surface area contributed by atoms with Crippen LogP contribution in [-0.2, 0) is 14.3 Å².